The fourth-order valence-electron chi connectivity index (χ4n) is 1.49. The van der Waals surface area contributed by atoms with E-state index in [0.717, 1.165) is 6.07 Å². The van der Waals surface area contributed by atoms with E-state index in [2.05, 4.69) is 4.74 Å². The predicted molar refractivity (Wildman–Crippen MR) is 49.9 cm³/mol. The van der Waals surface area contributed by atoms with Gasteiger partial charge in [0.05, 0.1) is 12.3 Å². The molecule has 0 spiro atoms. The summed E-state index contributed by atoms with van der Waals surface area (Å²) in [7, 11) is 0. The van der Waals surface area contributed by atoms with Crippen LogP contribution in [0, 0.1) is 5.82 Å². The van der Waals surface area contributed by atoms with Crippen molar-refractivity contribution >= 4 is 23.5 Å². The van der Waals surface area contributed by atoms with Crippen LogP contribution < -0.4 is 0 Å². The first-order valence-electron chi connectivity index (χ1n) is 4.27. The average Bonchev–Trinajstić information content (AvgIpc) is 2.50. The highest BCUT2D eigenvalue weighted by Crippen LogP contribution is 2.30. The summed E-state index contributed by atoms with van der Waals surface area (Å²) in [5, 5.41) is 0.318. The normalized spacial score (nSPS) is 20.5. The van der Waals surface area contributed by atoms with Crippen molar-refractivity contribution in [3.8, 4) is 0 Å². The lowest BCUT2D eigenvalue weighted by Gasteiger charge is -2.06. The van der Waals surface area contributed by atoms with Gasteiger partial charge in [-0.1, -0.05) is 11.6 Å². The minimum atomic E-state index is -0.865. The molecule has 1 aliphatic rings. The quantitative estimate of drug-likeness (QED) is 0.546. The Bertz CT molecular complexity index is 444. The van der Waals surface area contributed by atoms with E-state index in [-0.39, 0.29) is 12.0 Å². The van der Waals surface area contributed by atoms with E-state index in [1.165, 1.54) is 12.1 Å². The van der Waals surface area contributed by atoms with Gasteiger partial charge in [-0.2, -0.15) is 0 Å². The Balaban J connectivity index is 2.41. The second-order valence-electron chi connectivity index (χ2n) is 3.22. The number of esters is 2. The van der Waals surface area contributed by atoms with Crippen molar-refractivity contribution in [1.29, 1.82) is 0 Å². The summed E-state index contributed by atoms with van der Waals surface area (Å²) in [5.41, 5.74) is 0.110. The van der Waals surface area contributed by atoms with Crippen molar-refractivity contribution in [1.82, 2.24) is 0 Å². The van der Waals surface area contributed by atoms with Gasteiger partial charge < -0.3 is 4.74 Å². The number of ether oxygens (including phenoxy) is 1. The van der Waals surface area contributed by atoms with Crippen LogP contribution >= 0.6 is 11.6 Å². The highest BCUT2D eigenvalue weighted by molar-refractivity contribution is 6.30. The molecule has 1 aromatic carbocycles. The van der Waals surface area contributed by atoms with Crippen LogP contribution in [0.25, 0.3) is 0 Å². The minimum Gasteiger partial charge on any atom is -0.393 e. The number of hydrogen-bond acceptors (Lipinski definition) is 3. The molecule has 1 aromatic rings. The average molecular weight is 229 g/mol. The van der Waals surface area contributed by atoms with E-state index in [9.17, 15) is 14.0 Å². The molecule has 0 amide bonds. The zero-order valence-corrected chi connectivity index (χ0v) is 8.25. The second kappa shape index (κ2) is 3.62. The molecule has 1 atom stereocenters. The molecule has 0 radical (unpaired) electrons. The summed E-state index contributed by atoms with van der Waals surface area (Å²) in [5.74, 6) is -2.78. The molecule has 5 heteroatoms. The molecular formula is C10H6ClFO3. The van der Waals surface area contributed by atoms with Gasteiger partial charge in [0, 0.05) is 10.6 Å². The summed E-state index contributed by atoms with van der Waals surface area (Å²) >= 11 is 5.68. The Labute approximate surface area is 89.8 Å². The van der Waals surface area contributed by atoms with Gasteiger partial charge in [0.15, 0.2) is 0 Å². The molecule has 0 aliphatic carbocycles. The third-order valence-electron chi connectivity index (χ3n) is 2.20. The second-order valence-corrected chi connectivity index (χ2v) is 3.65. The van der Waals surface area contributed by atoms with Crippen molar-refractivity contribution in [3.63, 3.8) is 0 Å². The minimum absolute atomic E-state index is 0.110. The number of carbonyl (C=O) groups is 2. The predicted octanol–water partition coefficient (Wildman–Crippen LogP) is 2.04. The van der Waals surface area contributed by atoms with E-state index in [4.69, 9.17) is 11.6 Å². The highest BCUT2D eigenvalue weighted by atomic mass is 35.5. The summed E-state index contributed by atoms with van der Waals surface area (Å²) in [4.78, 5) is 22.0. The summed E-state index contributed by atoms with van der Waals surface area (Å²) in [6.45, 7) is 0. The molecule has 3 nitrogen and oxygen atoms in total. The molecule has 2 rings (SSSR count). The number of benzene rings is 1. The molecule has 78 valence electrons. The van der Waals surface area contributed by atoms with Crippen molar-refractivity contribution in [2.24, 2.45) is 0 Å². The van der Waals surface area contributed by atoms with E-state index >= 15 is 0 Å². The number of hydrogen-bond donors (Lipinski definition) is 0. The smallest absolute Gasteiger partial charge is 0.321 e. The van der Waals surface area contributed by atoms with E-state index in [0.29, 0.717) is 5.02 Å². The van der Waals surface area contributed by atoms with Crippen LogP contribution in [0.1, 0.15) is 17.9 Å². The first-order chi connectivity index (χ1) is 7.08. The molecular weight excluding hydrogens is 223 g/mol. The van der Waals surface area contributed by atoms with Crippen LogP contribution in [0.15, 0.2) is 18.2 Å². The van der Waals surface area contributed by atoms with Gasteiger partial charge in [0.1, 0.15) is 5.82 Å². The SMILES string of the molecule is O=C1CC(c2cc(Cl)ccc2F)C(=O)O1. The molecule has 1 heterocycles. The van der Waals surface area contributed by atoms with Crippen LogP contribution in [-0.4, -0.2) is 11.9 Å². The van der Waals surface area contributed by atoms with Gasteiger partial charge in [-0.3, -0.25) is 9.59 Å². The largest absolute Gasteiger partial charge is 0.393 e. The molecule has 0 aromatic heterocycles. The third kappa shape index (κ3) is 1.85. The molecule has 1 saturated heterocycles. The van der Waals surface area contributed by atoms with Gasteiger partial charge in [-0.15, -0.1) is 0 Å². The van der Waals surface area contributed by atoms with Gasteiger partial charge >= 0.3 is 11.9 Å². The Morgan fingerprint density at radius 1 is 1.40 bits per heavy atom. The maximum Gasteiger partial charge on any atom is 0.321 e. The Kier molecular flexibility index (Phi) is 2.44. The van der Waals surface area contributed by atoms with E-state index in [1.54, 1.807) is 0 Å². The van der Waals surface area contributed by atoms with Gasteiger partial charge in [0.2, 0.25) is 0 Å². The van der Waals surface area contributed by atoms with Crippen LogP contribution in [0.5, 0.6) is 0 Å². The van der Waals surface area contributed by atoms with E-state index in [1.807, 2.05) is 0 Å². The summed E-state index contributed by atoms with van der Waals surface area (Å²) < 4.78 is 17.7. The van der Waals surface area contributed by atoms with Crippen LogP contribution in [0.2, 0.25) is 5.02 Å². The lowest BCUT2D eigenvalue weighted by atomic mass is 9.97. The van der Waals surface area contributed by atoms with Crippen molar-refractivity contribution in [2.45, 2.75) is 12.3 Å². The van der Waals surface area contributed by atoms with Crippen molar-refractivity contribution < 1.29 is 18.7 Å². The Morgan fingerprint density at radius 2 is 2.13 bits per heavy atom. The lowest BCUT2D eigenvalue weighted by Crippen LogP contribution is -2.07. The van der Waals surface area contributed by atoms with Gasteiger partial charge in [0.25, 0.3) is 0 Å². The first-order valence-corrected chi connectivity index (χ1v) is 4.65. The molecule has 1 fully saturated rings. The molecule has 1 unspecified atom stereocenters. The monoisotopic (exact) mass is 228 g/mol. The fraction of sp³-hybridized carbons (Fsp3) is 0.200. The molecule has 0 bridgehead atoms. The van der Waals surface area contributed by atoms with Crippen LogP contribution in [-0.2, 0) is 14.3 Å². The number of halogens is 2. The van der Waals surface area contributed by atoms with Crippen LogP contribution in [0.3, 0.4) is 0 Å². The number of carbonyl (C=O) groups excluding carboxylic acids is 2. The summed E-state index contributed by atoms with van der Waals surface area (Å²) in [6, 6.07) is 3.87. The Hall–Kier alpha value is -1.42. The standard InChI is InChI=1S/C10H6ClFO3/c11-5-1-2-8(12)6(3-5)7-4-9(13)15-10(7)14/h1-3,7H,4H2. The lowest BCUT2D eigenvalue weighted by molar-refractivity contribution is -0.152. The molecule has 0 N–H and O–H groups in total. The highest BCUT2D eigenvalue weighted by Gasteiger charge is 2.36. The van der Waals surface area contributed by atoms with Crippen molar-refractivity contribution in [3.05, 3.63) is 34.6 Å². The zero-order valence-electron chi connectivity index (χ0n) is 7.50. The first kappa shape index (κ1) is 10.1. The molecule has 0 saturated carbocycles. The number of cyclic esters (lactones) is 2. The van der Waals surface area contributed by atoms with Crippen LogP contribution in [0.4, 0.5) is 4.39 Å². The van der Waals surface area contributed by atoms with Gasteiger partial charge in [-0.25, -0.2) is 4.39 Å². The number of rotatable bonds is 1. The zero-order chi connectivity index (χ0) is 11.0. The summed E-state index contributed by atoms with van der Waals surface area (Å²) in [6.07, 6.45) is -0.129. The molecule has 15 heavy (non-hydrogen) atoms. The maximum atomic E-state index is 13.3. The topological polar surface area (TPSA) is 43.4 Å². The Morgan fingerprint density at radius 3 is 2.73 bits per heavy atom. The van der Waals surface area contributed by atoms with Crippen molar-refractivity contribution in [2.75, 3.05) is 0 Å². The fourth-order valence-corrected chi connectivity index (χ4v) is 1.67. The maximum absolute atomic E-state index is 13.3. The van der Waals surface area contributed by atoms with E-state index < -0.39 is 23.7 Å². The van der Waals surface area contributed by atoms with Gasteiger partial charge in [-0.05, 0) is 18.2 Å². The third-order valence-corrected chi connectivity index (χ3v) is 2.44. The molecule has 1 aliphatic heterocycles.